The smallest absolute Gasteiger partial charge is 0.173 e. The predicted octanol–water partition coefficient (Wildman–Crippen LogP) is 3.02. The fraction of sp³-hybridized carbons (Fsp3) is 0.194. The maximum Gasteiger partial charge on any atom is 0.173 e. The number of carbonyl (C=O) groups is 1. The average molecular weight is 514 g/mol. The Hall–Kier alpha value is -4.85. The van der Waals surface area contributed by atoms with Gasteiger partial charge < -0.3 is 10.3 Å². The van der Waals surface area contributed by atoms with E-state index in [4.69, 9.17) is 9.98 Å². The van der Waals surface area contributed by atoms with Gasteiger partial charge in [0.15, 0.2) is 5.78 Å². The number of nitrogens with one attached hydrogen (secondary N) is 3. The molecule has 4 aliphatic heterocycles. The van der Waals surface area contributed by atoms with Crippen LogP contribution in [0.5, 0.6) is 0 Å². The lowest BCUT2D eigenvalue weighted by molar-refractivity contribution is -0.126. The van der Waals surface area contributed by atoms with Crippen molar-refractivity contribution < 1.29 is 4.79 Å². The molecule has 2 unspecified atom stereocenters. The molecule has 1 fully saturated rings. The maximum atomic E-state index is 13.9. The third-order valence-electron chi connectivity index (χ3n) is 7.72. The zero-order chi connectivity index (χ0) is 26.8. The molecule has 7 heterocycles. The molecule has 0 spiro atoms. The van der Waals surface area contributed by atoms with E-state index in [0.29, 0.717) is 0 Å². The van der Waals surface area contributed by atoms with Crippen LogP contribution in [0, 0.1) is 5.41 Å². The van der Waals surface area contributed by atoms with Crippen molar-refractivity contribution in [3.8, 4) is 11.3 Å². The molecule has 0 aliphatic carbocycles. The van der Waals surface area contributed by atoms with Crippen molar-refractivity contribution in [2.45, 2.75) is 31.8 Å². The molecular weight excluding hydrogens is 486 g/mol. The quantitative estimate of drug-likeness (QED) is 0.489. The van der Waals surface area contributed by atoms with Crippen LogP contribution in [-0.4, -0.2) is 42.9 Å². The molecule has 192 valence electrons. The van der Waals surface area contributed by atoms with Gasteiger partial charge in [0.25, 0.3) is 0 Å². The summed E-state index contributed by atoms with van der Waals surface area (Å²) in [6, 6.07) is 9.90. The summed E-state index contributed by atoms with van der Waals surface area (Å²) in [5.74, 6) is 0.0706. The highest BCUT2D eigenvalue weighted by Crippen LogP contribution is 2.44. The van der Waals surface area contributed by atoms with E-state index < -0.39 is 16.5 Å². The minimum absolute atomic E-state index is 0.0706. The molecule has 0 radical (unpaired) electrons. The first-order valence-corrected chi connectivity index (χ1v) is 12.9. The van der Waals surface area contributed by atoms with Crippen LogP contribution in [0.3, 0.4) is 0 Å². The van der Waals surface area contributed by atoms with Crippen molar-refractivity contribution in [1.29, 1.82) is 0 Å². The fourth-order valence-electron chi connectivity index (χ4n) is 5.65. The number of aromatic nitrogens is 4. The van der Waals surface area contributed by atoms with Crippen LogP contribution in [-0.2, 0) is 10.3 Å². The summed E-state index contributed by atoms with van der Waals surface area (Å²) in [5, 5.41) is 13.2. The number of fused-ring (bicyclic) bond motifs is 6. The number of ketones is 1. The first-order chi connectivity index (χ1) is 18.7. The van der Waals surface area contributed by atoms with Gasteiger partial charge in [0, 0.05) is 34.4 Å². The van der Waals surface area contributed by atoms with Crippen LogP contribution in [0.2, 0.25) is 0 Å². The highest BCUT2D eigenvalue weighted by Gasteiger charge is 2.52. The van der Waals surface area contributed by atoms with Crippen LogP contribution in [0.25, 0.3) is 23.4 Å². The van der Waals surface area contributed by atoms with Crippen molar-refractivity contribution in [1.82, 2.24) is 25.5 Å². The number of hydrogen-bond acceptors (Lipinski definition) is 6. The monoisotopic (exact) mass is 513 g/mol. The molecule has 0 saturated carbocycles. The number of rotatable bonds is 2. The molecular formula is C31H27N7O. The SMILES string of the molecule is CC12C=C3C=CC(=N3)C=c3ccc([nH]3)=CC3=NC(c4cc(-c5cccnc5)n[nH]4)(C=C3)C=C(N1)C(C)(C)C2=O. The number of Topliss-reactive ketones (excluding diaryl/α,β-unsaturated/α-hetero) is 1. The van der Waals surface area contributed by atoms with Gasteiger partial charge in [-0.2, -0.15) is 5.10 Å². The normalized spacial score (nSPS) is 26.3. The second-order valence-corrected chi connectivity index (χ2v) is 11.0. The van der Waals surface area contributed by atoms with Gasteiger partial charge in [-0.3, -0.25) is 19.9 Å². The minimum Gasteiger partial charge on any atom is -0.373 e. The number of carbonyl (C=O) groups excluding carboxylic acids is 1. The molecule has 0 amide bonds. The summed E-state index contributed by atoms with van der Waals surface area (Å²) in [4.78, 5) is 31.4. The zero-order valence-electron chi connectivity index (χ0n) is 21.9. The number of hydrogen-bond donors (Lipinski definition) is 3. The van der Waals surface area contributed by atoms with E-state index in [1.807, 2.05) is 99.7 Å². The lowest BCUT2D eigenvalue weighted by atomic mass is 9.79. The number of allylic oxidation sites excluding steroid dienone is 4. The van der Waals surface area contributed by atoms with Crippen molar-refractivity contribution in [2.75, 3.05) is 0 Å². The van der Waals surface area contributed by atoms with Crippen LogP contribution < -0.4 is 16.0 Å². The minimum atomic E-state index is -0.929. The van der Waals surface area contributed by atoms with Crippen LogP contribution in [0.1, 0.15) is 26.5 Å². The summed E-state index contributed by atoms with van der Waals surface area (Å²) >= 11 is 0. The highest BCUT2D eigenvalue weighted by atomic mass is 16.1. The summed E-state index contributed by atoms with van der Waals surface area (Å²) in [5.41, 5.74) is 3.04. The molecule has 4 aliphatic rings. The Labute approximate surface area is 225 Å². The molecule has 3 N–H and O–H groups in total. The molecule has 2 atom stereocenters. The van der Waals surface area contributed by atoms with E-state index in [-0.39, 0.29) is 5.78 Å². The summed E-state index contributed by atoms with van der Waals surface area (Å²) in [6.45, 7) is 5.82. The number of H-pyrrole nitrogens is 2. The molecule has 7 rings (SSSR count). The van der Waals surface area contributed by atoms with Gasteiger partial charge in [0.2, 0.25) is 0 Å². The van der Waals surface area contributed by atoms with E-state index in [0.717, 1.165) is 50.5 Å². The van der Waals surface area contributed by atoms with E-state index in [1.165, 1.54) is 0 Å². The Kier molecular flexibility index (Phi) is 4.82. The van der Waals surface area contributed by atoms with E-state index >= 15 is 0 Å². The number of aliphatic imine (C=N–C) groups is 2. The van der Waals surface area contributed by atoms with Crippen LogP contribution >= 0.6 is 0 Å². The van der Waals surface area contributed by atoms with Crippen molar-refractivity contribution in [2.24, 2.45) is 15.4 Å². The third-order valence-corrected chi connectivity index (χ3v) is 7.72. The topological polar surface area (TPSA) is 111 Å². The Morgan fingerprint density at radius 2 is 1.74 bits per heavy atom. The van der Waals surface area contributed by atoms with Gasteiger partial charge in [-0.25, -0.2) is 4.99 Å². The molecule has 8 nitrogen and oxygen atoms in total. The molecule has 8 bridgehead atoms. The second kappa shape index (κ2) is 8.07. The van der Waals surface area contributed by atoms with Gasteiger partial charge in [-0.05, 0) is 99.7 Å². The summed E-state index contributed by atoms with van der Waals surface area (Å²) in [7, 11) is 0. The lowest BCUT2D eigenvalue weighted by Gasteiger charge is -2.24. The Bertz CT molecular complexity index is 1840. The summed E-state index contributed by atoms with van der Waals surface area (Å²) < 4.78 is 0. The Balaban J connectivity index is 1.45. The van der Waals surface area contributed by atoms with Gasteiger partial charge in [0.05, 0.1) is 33.9 Å². The first-order valence-electron chi connectivity index (χ1n) is 12.9. The Morgan fingerprint density at radius 3 is 2.54 bits per heavy atom. The van der Waals surface area contributed by atoms with Crippen LogP contribution in [0.4, 0.5) is 0 Å². The van der Waals surface area contributed by atoms with Crippen molar-refractivity contribution in [3.05, 3.63) is 107 Å². The standard InChI is InChI=1S/C31H27N7O/c1-29(2)27-17-31(26-15-25(37-38-26)19-5-4-12-32-18-19)11-10-23(35-31)14-22-7-6-20(33-22)13-21-8-9-24(34-21)16-30(3,36-27)28(29)39/h4-18,33,36H,1-3H3,(H,37,38). The number of nitrogens with zero attached hydrogens (tertiary/aromatic N) is 4. The van der Waals surface area contributed by atoms with E-state index in [9.17, 15) is 4.79 Å². The molecule has 3 aromatic heterocycles. The molecule has 39 heavy (non-hydrogen) atoms. The second-order valence-electron chi connectivity index (χ2n) is 11.0. The highest BCUT2D eigenvalue weighted by molar-refractivity contribution is 6.20. The molecule has 8 heteroatoms. The van der Waals surface area contributed by atoms with Gasteiger partial charge in [0.1, 0.15) is 11.1 Å². The first kappa shape index (κ1) is 23.3. The average Bonchev–Trinajstić information content (AvgIpc) is 3.73. The molecule has 1 saturated heterocycles. The third kappa shape index (κ3) is 3.79. The lowest BCUT2D eigenvalue weighted by Crippen LogP contribution is -2.41. The predicted molar refractivity (Wildman–Crippen MR) is 152 cm³/mol. The van der Waals surface area contributed by atoms with Crippen molar-refractivity contribution >= 4 is 29.4 Å². The molecule has 3 aromatic rings. The van der Waals surface area contributed by atoms with Crippen LogP contribution in [0.15, 0.2) is 101 Å². The zero-order valence-corrected chi connectivity index (χ0v) is 21.9. The van der Waals surface area contributed by atoms with Gasteiger partial charge in [-0.15, -0.1) is 0 Å². The van der Waals surface area contributed by atoms with Gasteiger partial charge in [-0.1, -0.05) is 0 Å². The summed E-state index contributed by atoms with van der Waals surface area (Å²) in [6.07, 6.45) is 19.4. The maximum absolute atomic E-state index is 13.9. The van der Waals surface area contributed by atoms with E-state index in [2.05, 4.69) is 25.5 Å². The largest absolute Gasteiger partial charge is 0.373 e. The molecule has 0 aromatic carbocycles. The van der Waals surface area contributed by atoms with Gasteiger partial charge >= 0.3 is 0 Å². The number of pyridine rings is 1. The fourth-order valence-corrected chi connectivity index (χ4v) is 5.65. The van der Waals surface area contributed by atoms with E-state index in [1.54, 1.807) is 12.4 Å². The Morgan fingerprint density at radius 1 is 0.923 bits per heavy atom. The number of aromatic amines is 2. The van der Waals surface area contributed by atoms with Crippen molar-refractivity contribution in [3.63, 3.8) is 0 Å².